The highest BCUT2D eigenvalue weighted by Gasteiger charge is 2.27. The molecule has 3 rings (SSSR count). The number of H-pyrrole nitrogens is 1. The predicted molar refractivity (Wildman–Crippen MR) is 106 cm³/mol. The molecule has 0 unspecified atom stereocenters. The van der Waals surface area contributed by atoms with Crippen LogP contribution in [0.5, 0.6) is 0 Å². The number of pyridine rings is 2. The number of nitrogens with zero attached hydrogens (tertiary/aromatic N) is 1. The smallest absolute Gasteiger partial charge is 0.341 e. The Kier molecular flexibility index (Phi) is 5.35. The Morgan fingerprint density at radius 1 is 1.19 bits per heavy atom. The molecule has 0 aliphatic carbocycles. The second-order valence-corrected chi connectivity index (χ2v) is 6.78. The average Bonchev–Trinajstić information content (AvgIpc) is 2.64. The van der Waals surface area contributed by atoms with Gasteiger partial charge in [-0.15, -0.1) is 0 Å². The van der Waals surface area contributed by atoms with Crippen LogP contribution < -0.4 is 10.4 Å². The summed E-state index contributed by atoms with van der Waals surface area (Å²) in [7, 11) is 0. The monoisotopic (exact) mass is 403 g/mol. The molecule has 5 nitrogen and oxygen atoms in total. The lowest BCUT2D eigenvalue weighted by atomic mass is 9.98. The standard InChI is InChI=1S/C20H16Cl2N2O3/c1-3-24-11(2)16(15-6-4-5-9-23-15)19(25)17(20(26)27)18(24)12-7-8-13(21)14(22)10-12/h4-10H,3H2,1-2H3,(H,26,27)/p+1. The van der Waals surface area contributed by atoms with Gasteiger partial charge in [0.1, 0.15) is 11.1 Å². The van der Waals surface area contributed by atoms with Crippen molar-refractivity contribution >= 4 is 29.2 Å². The maximum absolute atomic E-state index is 13.2. The van der Waals surface area contributed by atoms with Crippen LogP contribution in [0.1, 0.15) is 23.0 Å². The van der Waals surface area contributed by atoms with Gasteiger partial charge in [0, 0.05) is 29.9 Å². The Morgan fingerprint density at radius 2 is 1.93 bits per heavy atom. The number of benzene rings is 1. The molecule has 3 aromatic rings. The molecule has 27 heavy (non-hydrogen) atoms. The average molecular weight is 404 g/mol. The van der Waals surface area contributed by atoms with Gasteiger partial charge in [-0.05, 0) is 32.0 Å². The molecule has 0 fully saturated rings. The Labute approximate surface area is 165 Å². The van der Waals surface area contributed by atoms with E-state index in [9.17, 15) is 14.7 Å². The Hall–Kier alpha value is -2.63. The molecule has 1 aromatic carbocycles. The normalized spacial score (nSPS) is 10.8. The first-order chi connectivity index (χ1) is 12.9. The molecule has 0 saturated heterocycles. The van der Waals surface area contributed by atoms with E-state index in [0.29, 0.717) is 44.8 Å². The largest absolute Gasteiger partial charge is 0.477 e. The molecule has 0 aliphatic rings. The minimum Gasteiger partial charge on any atom is -0.477 e. The number of aromatic nitrogens is 2. The zero-order valence-corrected chi connectivity index (χ0v) is 16.2. The van der Waals surface area contributed by atoms with Crippen LogP contribution in [-0.4, -0.2) is 15.6 Å². The maximum Gasteiger partial charge on any atom is 0.341 e. The molecule has 0 radical (unpaired) electrons. The molecule has 0 bridgehead atoms. The molecule has 0 atom stereocenters. The SMILES string of the molecule is CCn1c(C)c(-c2cccc[nH+]2)c(=O)c(C(=O)O)c1-c1ccc(Cl)c(Cl)c1. The zero-order valence-electron chi connectivity index (χ0n) is 14.7. The van der Waals surface area contributed by atoms with Crippen molar-refractivity contribution in [1.29, 1.82) is 0 Å². The third-order valence-corrected chi connectivity index (χ3v) is 5.17. The van der Waals surface area contributed by atoms with Crippen molar-refractivity contribution in [3.63, 3.8) is 0 Å². The van der Waals surface area contributed by atoms with Crippen LogP contribution in [-0.2, 0) is 6.54 Å². The predicted octanol–water partition coefficient (Wildman–Crippen LogP) is 4.33. The summed E-state index contributed by atoms with van der Waals surface area (Å²) in [5.41, 5.74) is 1.54. The van der Waals surface area contributed by atoms with Crippen molar-refractivity contribution in [2.45, 2.75) is 20.4 Å². The van der Waals surface area contributed by atoms with Crippen LogP contribution >= 0.6 is 23.2 Å². The molecule has 0 amide bonds. The third kappa shape index (κ3) is 3.36. The topological polar surface area (TPSA) is 73.4 Å². The van der Waals surface area contributed by atoms with Crippen molar-refractivity contribution in [2.75, 3.05) is 0 Å². The zero-order chi connectivity index (χ0) is 19.7. The summed E-state index contributed by atoms with van der Waals surface area (Å²) in [4.78, 5) is 28.2. The number of carboxylic acid groups (broad SMARTS) is 1. The van der Waals surface area contributed by atoms with Gasteiger partial charge in [0.25, 0.3) is 0 Å². The summed E-state index contributed by atoms with van der Waals surface area (Å²) < 4.78 is 1.81. The summed E-state index contributed by atoms with van der Waals surface area (Å²) in [6.45, 7) is 4.16. The molecule has 2 aromatic heterocycles. The number of hydrogen-bond acceptors (Lipinski definition) is 2. The van der Waals surface area contributed by atoms with Gasteiger partial charge in [-0.2, -0.15) is 0 Å². The quantitative estimate of drug-likeness (QED) is 0.704. The van der Waals surface area contributed by atoms with Gasteiger partial charge >= 0.3 is 5.97 Å². The number of carbonyl (C=O) groups is 1. The first kappa shape index (κ1) is 19.1. The minimum absolute atomic E-state index is 0.290. The third-order valence-electron chi connectivity index (χ3n) is 4.43. The van der Waals surface area contributed by atoms with E-state index in [1.807, 2.05) is 6.92 Å². The van der Waals surface area contributed by atoms with E-state index < -0.39 is 11.4 Å². The van der Waals surface area contributed by atoms with Gasteiger partial charge in [-0.1, -0.05) is 29.3 Å². The fourth-order valence-corrected chi connectivity index (χ4v) is 3.54. The van der Waals surface area contributed by atoms with Crippen molar-refractivity contribution in [3.05, 3.63) is 74.1 Å². The summed E-state index contributed by atoms with van der Waals surface area (Å²) in [6.07, 6.45) is 1.69. The molecular weight excluding hydrogens is 387 g/mol. The van der Waals surface area contributed by atoms with Crippen molar-refractivity contribution in [3.8, 4) is 22.5 Å². The number of carboxylic acids is 1. The molecule has 0 aliphatic heterocycles. The van der Waals surface area contributed by atoms with Gasteiger partial charge in [0.2, 0.25) is 11.1 Å². The molecular formula is C20H17Cl2N2O3+. The van der Waals surface area contributed by atoms with Gasteiger partial charge in [-0.3, -0.25) is 4.79 Å². The molecule has 0 spiro atoms. The lowest BCUT2D eigenvalue weighted by Crippen LogP contribution is -2.27. The highest BCUT2D eigenvalue weighted by molar-refractivity contribution is 6.42. The van der Waals surface area contributed by atoms with Crippen molar-refractivity contribution in [2.24, 2.45) is 0 Å². The fraction of sp³-hybridized carbons (Fsp3) is 0.150. The summed E-state index contributed by atoms with van der Waals surface area (Å²) in [5, 5.41) is 10.5. The van der Waals surface area contributed by atoms with Gasteiger partial charge in [0.15, 0.2) is 6.20 Å². The number of hydrogen-bond donors (Lipinski definition) is 1. The molecule has 2 heterocycles. The van der Waals surface area contributed by atoms with Crippen LogP contribution in [0.2, 0.25) is 10.0 Å². The van der Waals surface area contributed by atoms with E-state index in [-0.39, 0.29) is 5.56 Å². The molecule has 2 N–H and O–H groups in total. The van der Waals surface area contributed by atoms with Gasteiger partial charge in [-0.25, -0.2) is 9.78 Å². The number of halogens is 2. The lowest BCUT2D eigenvalue weighted by molar-refractivity contribution is -0.364. The second kappa shape index (κ2) is 7.55. The van der Waals surface area contributed by atoms with Crippen molar-refractivity contribution in [1.82, 2.24) is 4.57 Å². The Morgan fingerprint density at radius 3 is 2.48 bits per heavy atom. The number of rotatable bonds is 4. The van der Waals surface area contributed by atoms with E-state index >= 15 is 0 Å². The van der Waals surface area contributed by atoms with Crippen LogP contribution in [0.25, 0.3) is 22.5 Å². The van der Waals surface area contributed by atoms with Crippen molar-refractivity contribution < 1.29 is 14.9 Å². The number of aromatic carboxylic acids is 1. The van der Waals surface area contributed by atoms with Gasteiger partial charge in [0.05, 0.1) is 15.7 Å². The lowest BCUT2D eigenvalue weighted by Gasteiger charge is -2.20. The number of aromatic amines is 1. The number of nitrogens with one attached hydrogen (secondary N) is 1. The van der Waals surface area contributed by atoms with E-state index in [0.717, 1.165) is 0 Å². The summed E-state index contributed by atoms with van der Waals surface area (Å²) in [6, 6.07) is 10.1. The Bertz CT molecular complexity index is 1090. The van der Waals surface area contributed by atoms with E-state index in [4.69, 9.17) is 23.2 Å². The van der Waals surface area contributed by atoms with Crippen LogP contribution in [0.15, 0.2) is 47.4 Å². The minimum atomic E-state index is -1.29. The van der Waals surface area contributed by atoms with Gasteiger partial charge < -0.3 is 9.67 Å². The molecule has 7 heteroatoms. The first-order valence-corrected chi connectivity index (χ1v) is 9.05. The van der Waals surface area contributed by atoms with E-state index in [1.165, 1.54) is 0 Å². The summed E-state index contributed by atoms with van der Waals surface area (Å²) in [5.74, 6) is -1.29. The molecule has 0 saturated carbocycles. The van der Waals surface area contributed by atoms with E-state index in [2.05, 4.69) is 4.98 Å². The van der Waals surface area contributed by atoms with E-state index in [1.54, 1.807) is 54.1 Å². The Balaban J connectivity index is 2.46. The maximum atomic E-state index is 13.2. The van der Waals surface area contributed by atoms with Crippen LogP contribution in [0, 0.1) is 6.92 Å². The summed E-state index contributed by atoms with van der Waals surface area (Å²) >= 11 is 12.1. The highest BCUT2D eigenvalue weighted by atomic mass is 35.5. The first-order valence-electron chi connectivity index (χ1n) is 8.30. The van der Waals surface area contributed by atoms with Crippen LogP contribution in [0.3, 0.4) is 0 Å². The second-order valence-electron chi connectivity index (χ2n) is 5.97. The fourth-order valence-electron chi connectivity index (χ4n) is 3.24. The highest BCUT2D eigenvalue weighted by Crippen LogP contribution is 2.32. The molecule has 138 valence electrons. The van der Waals surface area contributed by atoms with Crippen LogP contribution in [0.4, 0.5) is 0 Å².